The van der Waals surface area contributed by atoms with E-state index in [1.165, 1.54) is 0 Å². The first kappa shape index (κ1) is 9.59. The van der Waals surface area contributed by atoms with Gasteiger partial charge in [0.2, 0.25) is 0 Å². The third-order valence-electron chi connectivity index (χ3n) is 1.15. The Kier molecular flexibility index (Phi) is 6.43. The van der Waals surface area contributed by atoms with Crippen molar-refractivity contribution in [3.8, 4) is 0 Å². The zero-order valence-corrected chi connectivity index (χ0v) is 6.74. The van der Waals surface area contributed by atoms with Gasteiger partial charge in [0, 0.05) is 19.6 Å². The highest BCUT2D eigenvalue weighted by molar-refractivity contribution is 5.75. The summed E-state index contributed by atoms with van der Waals surface area (Å²) < 4.78 is 0. The molecule has 0 aromatic carbocycles. The molecule has 0 amide bonds. The Labute approximate surface area is 62.2 Å². The minimum atomic E-state index is 0.240. The molecule has 0 heterocycles. The van der Waals surface area contributed by atoms with Gasteiger partial charge in [-0.05, 0) is 13.5 Å². The zero-order chi connectivity index (χ0) is 7.82. The molecule has 0 unspecified atom stereocenters. The molecule has 0 aromatic rings. The van der Waals surface area contributed by atoms with Crippen LogP contribution in [0.1, 0.15) is 20.3 Å². The van der Waals surface area contributed by atoms with Crippen LogP contribution in [0.4, 0.5) is 0 Å². The summed E-state index contributed by atoms with van der Waals surface area (Å²) in [6.07, 6.45) is 0.630. The van der Waals surface area contributed by atoms with Gasteiger partial charge in [-0.25, -0.2) is 0 Å². The Hall–Kier alpha value is -0.410. The van der Waals surface area contributed by atoms with Crippen molar-refractivity contribution >= 4 is 5.78 Å². The van der Waals surface area contributed by atoms with Gasteiger partial charge in [-0.3, -0.25) is 4.79 Å². The SMILES string of the molecule is CCNCNCCC(C)=O. The van der Waals surface area contributed by atoms with Crippen molar-refractivity contribution in [1.82, 2.24) is 10.6 Å². The molecule has 60 valence electrons. The lowest BCUT2D eigenvalue weighted by Gasteiger charge is -2.01. The van der Waals surface area contributed by atoms with Gasteiger partial charge >= 0.3 is 0 Å². The summed E-state index contributed by atoms with van der Waals surface area (Å²) in [4.78, 5) is 10.4. The maximum atomic E-state index is 10.4. The number of hydrogen-bond donors (Lipinski definition) is 2. The lowest BCUT2D eigenvalue weighted by Crippen LogP contribution is -2.29. The number of Topliss-reactive ketones (excluding diaryl/α,β-unsaturated/α-hetero) is 1. The van der Waals surface area contributed by atoms with Crippen LogP contribution < -0.4 is 10.6 Å². The van der Waals surface area contributed by atoms with E-state index < -0.39 is 0 Å². The van der Waals surface area contributed by atoms with Gasteiger partial charge in [0.1, 0.15) is 5.78 Å². The number of carbonyl (C=O) groups is 1. The summed E-state index contributed by atoms with van der Waals surface area (Å²) in [5.74, 6) is 0.240. The first-order valence-corrected chi connectivity index (χ1v) is 3.68. The first-order valence-electron chi connectivity index (χ1n) is 3.68. The number of nitrogens with one attached hydrogen (secondary N) is 2. The normalized spacial score (nSPS) is 9.80. The third-order valence-corrected chi connectivity index (χ3v) is 1.15. The minimum absolute atomic E-state index is 0.240. The lowest BCUT2D eigenvalue weighted by molar-refractivity contribution is -0.116. The largest absolute Gasteiger partial charge is 0.305 e. The summed E-state index contributed by atoms with van der Waals surface area (Å²) in [7, 11) is 0. The van der Waals surface area contributed by atoms with Crippen LogP contribution in [0.3, 0.4) is 0 Å². The van der Waals surface area contributed by atoms with Crippen LogP contribution in [0, 0.1) is 0 Å². The smallest absolute Gasteiger partial charge is 0.131 e. The van der Waals surface area contributed by atoms with Crippen molar-refractivity contribution in [2.45, 2.75) is 20.3 Å². The van der Waals surface area contributed by atoms with Gasteiger partial charge in [0.25, 0.3) is 0 Å². The fourth-order valence-electron chi connectivity index (χ4n) is 0.566. The second kappa shape index (κ2) is 6.71. The topological polar surface area (TPSA) is 41.1 Å². The van der Waals surface area contributed by atoms with Crippen LogP contribution >= 0.6 is 0 Å². The molecule has 0 aliphatic heterocycles. The minimum Gasteiger partial charge on any atom is -0.305 e. The van der Waals surface area contributed by atoms with Crippen molar-refractivity contribution in [3.63, 3.8) is 0 Å². The Morgan fingerprint density at radius 3 is 2.60 bits per heavy atom. The molecular weight excluding hydrogens is 128 g/mol. The predicted molar refractivity (Wildman–Crippen MR) is 41.8 cm³/mol. The average Bonchev–Trinajstić information content (AvgIpc) is 1.87. The van der Waals surface area contributed by atoms with Gasteiger partial charge in [-0.1, -0.05) is 6.92 Å². The second-order valence-electron chi connectivity index (χ2n) is 2.23. The number of hydrogen-bond acceptors (Lipinski definition) is 3. The Morgan fingerprint density at radius 2 is 2.10 bits per heavy atom. The van der Waals surface area contributed by atoms with Crippen LogP contribution in [-0.2, 0) is 4.79 Å². The van der Waals surface area contributed by atoms with Gasteiger partial charge in [-0.15, -0.1) is 0 Å². The molecule has 0 aliphatic rings. The van der Waals surface area contributed by atoms with E-state index in [0.717, 1.165) is 19.8 Å². The molecule has 0 aromatic heterocycles. The maximum absolute atomic E-state index is 10.4. The van der Waals surface area contributed by atoms with Crippen molar-refractivity contribution in [3.05, 3.63) is 0 Å². The summed E-state index contributed by atoms with van der Waals surface area (Å²) in [5, 5.41) is 6.19. The molecule has 3 heteroatoms. The summed E-state index contributed by atoms with van der Waals surface area (Å²) in [6, 6.07) is 0. The van der Waals surface area contributed by atoms with E-state index in [-0.39, 0.29) is 5.78 Å². The molecule has 0 bridgehead atoms. The van der Waals surface area contributed by atoms with E-state index >= 15 is 0 Å². The van der Waals surface area contributed by atoms with E-state index in [0.29, 0.717) is 6.42 Å². The fraction of sp³-hybridized carbons (Fsp3) is 0.857. The molecule has 10 heavy (non-hydrogen) atoms. The Morgan fingerprint density at radius 1 is 1.40 bits per heavy atom. The van der Waals surface area contributed by atoms with E-state index in [2.05, 4.69) is 10.6 Å². The van der Waals surface area contributed by atoms with E-state index in [9.17, 15) is 4.79 Å². The van der Waals surface area contributed by atoms with Crippen LogP contribution in [0.5, 0.6) is 0 Å². The van der Waals surface area contributed by atoms with Crippen LogP contribution in [-0.4, -0.2) is 25.5 Å². The van der Waals surface area contributed by atoms with E-state index in [1.54, 1.807) is 6.92 Å². The van der Waals surface area contributed by atoms with Crippen molar-refractivity contribution in [2.75, 3.05) is 19.8 Å². The monoisotopic (exact) mass is 144 g/mol. The molecule has 0 atom stereocenters. The number of ketones is 1. The van der Waals surface area contributed by atoms with E-state index in [1.807, 2.05) is 6.92 Å². The number of carbonyl (C=O) groups excluding carboxylic acids is 1. The fourth-order valence-corrected chi connectivity index (χ4v) is 0.566. The molecule has 0 radical (unpaired) electrons. The standard InChI is InChI=1S/C7H16N2O/c1-3-8-6-9-5-4-7(2)10/h8-9H,3-6H2,1-2H3. The maximum Gasteiger partial charge on any atom is 0.131 e. The molecule has 3 nitrogen and oxygen atoms in total. The molecule has 0 aliphatic carbocycles. The highest BCUT2D eigenvalue weighted by Gasteiger charge is 1.90. The zero-order valence-electron chi connectivity index (χ0n) is 6.74. The third kappa shape index (κ3) is 7.59. The van der Waals surface area contributed by atoms with E-state index in [4.69, 9.17) is 0 Å². The molecule has 2 N–H and O–H groups in total. The van der Waals surface area contributed by atoms with Crippen LogP contribution in [0.2, 0.25) is 0 Å². The van der Waals surface area contributed by atoms with Crippen molar-refractivity contribution in [2.24, 2.45) is 0 Å². The molecular formula is C7H16N2O. The van der Waals surface area contributed by atoms with Crippen LogP contribution in [0.15, 0.2) is 0 Å². The van der Waals surface area contributed by atoms with Crippen LogP contribution in [0.25, 0.3) is 0 Å². The van der Waals surface area contributed by atoms with Gasteiger partial charge < -0.3 is 10.6 Å². The van der Waals surface area contributed by atoms with Crippen molar-refractivity contribution < 1.29 is 4.79 Å². The summed E-state index contributed by atoms with van der Waals surface area (Å²) in [5.41, 5.74) is 0. The highest BCUT2D eigenvalue weighted by Crippen LogP contribution is 1.75. The van der Waals surface area contributed by atoms with Gasteiger partial charge in [0.15, 0.2) is 0 Å². The molecule has 0 fully saturated rings. The predicted octanol–water partition coefficient (Wildman–Crippen LogP) is 0.122. The average molecular weight is 144 g/mol. The Bertz CT molecular complexity index is 93.6. The van der Waals surface area contributed by atoms with Gasteiger partial charge in [-0.2, -0.15) is 0 Å². The Balaban J connectivity index is 2.84. The summed E-state index contributed by atoms with van der Waals surface area (Å²) >= 11 is 0. The van der Waals surface area contributed by atoms with Gasteiger partial charge in [0.05, 0.1) is 0 Å². The quantitative estimate of drug-likeness (QED) is 0.411. The second-order valence-corrected chi connectivity index (χ2v) is 2.23. The lowest BCUT2D eigenvalue weighted by atomic mass is 10.3. The summed E-state index contributed by atoms with van der Waals surface area (Å²) in [6.45, 7) is 6.20. The first-order chi connectivity index (χ1) is 4.77. The highest BCUT2D eigenvalue weighted by atomic mass is 16.1. The van der Waals surface area contributed by atoms with Crippen molar-refractivity contribution in [1.29, 1.82) is 0 Å². The molecule has 0 spiro atoms. The molecule has 0 saturated heterocycles. The molecule has 0 rings (SSSR count). The molecule has 0 saturated carbocycles. The number of rotatable bonds is 6.